The normalized spacial score (nSPS) is 17.0. The molecule has 1 aliphatic heterocycles. The lowest BCUT2D eigenvalue weighted by molar-refractivity contribution is 0.112. The third-order valence-corrected chi connectivity index (χ3v) is 5.66. The number of quaternary nitrogens is 1. The van der Waals surface area contributed by atoms with Crippen molar-refractivity contribution in [3.63, 3.8) is 0 Å². The van der Waals surface area contributed by atoms with Crippen molar-refractivity contribution in [2.24, 2.45) is 0 Å². The lowest BCUT2D eigenvalue weighted by Crippen LogP contribution is -2.30. The molecule has 1 atom stereocenters. The molecule has 1 aromatic heterocycles. The fourth-order valence-electron chi connectivity index (χ4n) is 4.10. The number of aromatic amines is 1. The first-order valence-electron chi connectivity index (χ1n) is 9.58. The second-order valence-corrected chi connectivity index (χ2v) is 7.19. The van der Waals surface area contributed by atoms with Crippen LogP contribution < -0.4 is 23.4 Å². The number of carbonyl (C=O) groups excluding carboxylic acids is 1. The van der Waals surface area contributed by atoms with Crippen molar-refractivity contribution in [1.82, 2.24) is 14.7 Å². The molecular weight excluding hydrogens is 398 g/mol. The van der Waals surface area contributed by atoms with Crippen molar-refractivity contribution < 1.29 is 23.7 Å². The molecule has 1 aliphatic rings. The van der Waals surface area contributed by atoms with Crippen molar-refractivity contribution in [2.45, 2.75) is 0 Å². The van der Waals surface area contributed by atoms with Crippen molar-refractivity contribution >= 4 is 23.2 Å². The second-order valence-electron chi connectivity index (χ2n) is 7.19. The number of carbonyl (C=O) groups is 1. The Morgan fingerprint density at radius 1 is 1.00 bits per heavy atom. The quantitative estimate of drug-likeness (QED) is 0.459. The summed E-state index contributed by atoms with van der Waals surface area (Å²) >= 11 is 0. The van der Waals surface area contributed by atoms with Crippen LogP contribution in [0.1, 0.15) is 21.5 Å². The number of fused-ring (bicyclic) bond motifs is 1. The minimum Gasteiger partial charge on any atom is -0.497 e. The number of rotatable bonds is 7. The maximum atomic E-state index is 12.1. The first kappa shape index (κ1) is 20.5. The third-order valence-electron chi connectivity index (χ3n) is 5.66. The third kappa shape index (κ3) is 3.03. The van der Waals surface area contributed by atoms with Crippen molar-refractivity contribution in [3.8, 4) is 23.0 Å². The number of nitrogens with one attached hydrogen (secondary N) is 1. The van der Waals surface area contributed by atoms with Gasteiger partial charge in [0, 0.05) is 22.8 Å². The fraction of sp³-hybridized carbons (Fsp3) is 0.217. The summed E-state index contributed by atoms with van der Waals surface area (Å²) in [7, 11) is 8.29. The summed E-state index contributed by atoms with van der Waals surface area (Å²) in [5, 5.41) is 7.00. The van der Waals surface area contributed by atoms with E-state index in [1.165, 1.54) is 14.2 Å². The SMILES string of the molecule is COc1ccc2c(c1)[N+](C)(c1cn[nH]c1)C=C2c1c(C=O)cc(OC)c(OC)c1OC. The molecule has 0 bridgehead atoms. The van der Waals surface area contributed by atoms with Gasteiger partial charge in [-0.15, -0.1) is 0 Å². The molecule has 0 spiro atoms. The number of ether oxygens (including phenoxy) is 4. The first-order valence-corrected chi connectivity index (χ1v) is 9.58. The van der Waals surface area contributed by atoms with Gasteiger partial charge in [-0.1, -0.05) is 0 Å². The summed E-state index contributed by atoms with van der Waals surface area (Å²) in [6.07, 6.45) is 6.47. The molecule has 2 heterocycles. The highest BCUT2D eigenvalue weighted by molar-refractivity contribution is 6.01. The van der Waals surface area contributed by atoms with E-state index in [9.17, 15) is 4.79 Å². The average Bonchev–Trinajstić information content (AvgIpc) is 3.45. The Balaban J connectivity index is 2.07. The highest BCUT2D eigenvalue weighted by Gasteiger charge is 2.41. The highest BCUT2D eigenvalue weighted by Crippen LogP contribution is 2.53. The van der Waals surface area contributed by atoms with Crippen LogP contribution in [0.25, 0.3) is 5.57 Å². The van der Waals surface area contributed by atoms with Crippen molar-refractivity contribution in [3.05, 3.63) is 59.5 Å². The summed E-state index contributed by atoms with van der Waals surface area (Å²) < 4.78 is 22.5. The van der Waals surface area contributed by atoms with Gasteiger partial charge < -0.3 is 18.9 Å². The molecule has 0 aliphatic carbocycles. The number of hydrogen-bond acceptors (Lipinski definition) is 6. The van der Waals surface area contributed by atoms with Gasteiger partial charge in [-0.05, 0) is 18.2 Å². The summed E-state index contributed by atoms with van der Waals surface area (Å²) in [5.41, 5.74) is 4.75. The molecule has 8 heteroatoms. The van der Waals surface area contributed by atoms with Gasteiger partial charge in [0.25, 0.3) is 0 Å². The molecule has 31 heavy (non-hydrogen) atoms. The van der Waals surface area contributed by atoms with Crippen LogP contribution >= 0.6 is 0 Å². The van der Waals surface area contributed by atoms with E-state index in [4.69, 9.17) is 18.9 Å². The lowest BCUT2D eigenvalue weighted by Gasteiger charge is -2.25. The second kappa shape index (κ2) is 7.81. The van der Waals surface area contributed by atoms with Gasteiger partial charge in [-0.3, -0.25) is 9.89 Å². The summed E-state index contributed by atoms with van der Waals surface area (Å²) in [5.74, 6) is 2.01. The molecule has 3 aromatic rings. The molecule has 0 amide bonds. The van der Waals surface area contributed by atoms with Gasteiger partial charge >= 0.3 is 0 Å². The van der Waals surface area contributed by atoms with E-state index in [1.807, 2.05) is 31.4 Å². The Labute approximate surface area is 180 Å². The lowest BCUT2D eigenvalue weighted by atomic mass is 9.93. The zero-order valence-corrected chi connectivity index (χ0v) is 18.1. The minimum atomic E-state index is 0.328. The molecule has 2 aromatic carbocycles. The zero-order valence-electron chi connectivity index (χ0n) is 18.1. The number of aromatic nitrogens is 2. The van der Waals surface area contributed by atoms with Gasteiger partial charge in [-0.25, -0.2) is 4.48 Å². The fourth-order valence-corrected chi connectivity index (χ4v) is 4.10. The number of H-pyrrole nitrogens is 1. The minimum absolute atomic E-state index is 0.328. The Morgan fingerprint density at radius 2 is 1.77 bits per heavy atom. The molecule has 0 saturated heterocycles. The Hall–Kier alpha value is -3.78. The summed E-state index contributed by atoms with van der Waals surface area (Å²) in [6, 6.07) is 7.52. The van der Waals surface area contributed by atoms with Gasteiger partial charge in [0.15, 0.2) is 29.2 Å². The number of aldehydes is 1. The molecule has 8 nitrogen and oxygen atoms in total. The maximum Gasteiger partial charge on any atom is 0.203 e. The van der Waals surface area contributed by atoms with Crippen LogP contribution in [-0.2, 0) is 0 Å². The maximum absolute atomic E-state index is 12.1. The standard InChI is InChI=1S/C23H24N3O5/c1-26(15-10-24-25-11-15)12-18(17-7-6-16(28-2)9-19(17)26)21-14(13-27)8-20(29-3)22(30-4)23(21)31-5/h6-13H,1-5H3,(H,24,25)/q+1. The predicted molar refractivity (Wildman–Crippen MR) is 118 cm³/mol. The van der Waals surface area contributed by atoms with Crippen LogP contribution in [0, 0.1) is 0 Å². The van der Waals surface area contributed by atoms with Crippen molar-refractivity contribution in [1.29, 1.82) is 0 Å². The van der Waals surface area contributed by atoms with Crippen LogP contribution in [0.4, 0.5) is 11.4 Å². The topological polar surface area (TPSA) is 82.7 Å². The molecule has 1 N–H and O–H groups in total. The molecule has 0 fully saturated rings. The van der Waals surface area contributed by atoms with E-state index in [0.717, 1.165) is 34.5 Å². The summed E-state index contributed by atoms with van der Waals surface area (Å²) in [4.78, 5) is 12.1. The van der Waals surface area contributed by atoms with Crippen LogP contribution in [0.5, 0.6) is 23.0 Å². The molecule has 1 unspecified atom stereocenters. The van der Waals surface area contributed by atoms with Crippen LogP contribution in [0.2, 0.25) is 0 Å². The van der Waals surface area contributed by atoms with E-state index in [-0.39, 0.29) is 0 Å². The molecule has 4 rings (SSSR count). The number of benzene rings is 2. The van der Waals surface area contributed by atoms with Crippen LogP contribution in [-0.4, -0.2) is 52.0 Å². The molecule has 0 saturated carbocycles. The average molecular weight is 422 g/mol. The molecule has 0 radical (unpaired) electrons. The van der Waals surface area contributed by atoms with E-state index in [0.29, 0.717) is 32.9 Å². The largest absolute Gasteiger partial charge is 0.497 e. The van der Waals surface area contributed by atoms with E-state index in [1.54, 1.807) is 26.5 Å². The monoisotopic (exact) mass is 422 g/mol. The molecular formula is C23H24N3O5+. The van der Waals surface area contributed by atoms with Crippen molar-refractivity contribution in [2.75, 3.05) is 35.5 Å². The first-order chi connectivity index (χ1) is 15.0. The zero-order chi connectivity index (χ0) is 22.2. The Morgan fingerprint density at radius 3 is 2.35 bits per heavy atom. The van der Waals surface area contributed by atoms with Crippen LogP contribution in [0.3, 0.4) is 0 Å². The van der Waals surface area contributed by atoms with E-state index in [2.05, 4.69) is 16.4 Å². The van der Waals surface area contributed by atoms with Gasteiger partial charge in [0.05, 0.1) is 47.3 Å². The van der Waals surface area contributed by atoms with Gasteiger partial charge in [0.1, 0.15) is 18.1 Å². The Bertz CT molecular complexity index is 1170. The smallest absolute Gasteiger partial charge is 0.203 e. The van der Waals surface area contributed by atoms with E-state index >= 15 is 0 Å². The van der Waals surface area contributed by atoms with E-state index < -0.39 is 0 Å². The van der Waals surface area contributed by atoms with Gasteiger partial charge in [-0.2, -0.15) is 5.10 Å². The van der Waals surface area contributed by atoms with Gasteiger partial charge in [0.2, 0.25) is 5.75 Å². The number of hydrogen-bond donors (Lipinski definition) is 1. The number of nitrogens with zero attached hydrogens (tertiary/aromatic N) is 2. The van der Waals surface area contributed by atoms with Crippen LogP contribution in [0.15, 0.2) is 42.9 Å². The highest BCUT2D eigenvalue weighted by atomic mass is 16.5. The predicted octanol–water partition coefficient (Wildman–Crippen LogP) is 3.93. The Kier molecular flexibility index (Phi) is 5.16. The summed E-state index contributed by atoms with van der Waals surface area (Å²) in [6.45, 7) is 0. The number of methoxy groups -OCH3 is 4. The molecule has 160 valence electrons.